The zero-order valence-electron chi connectivity index (χ0n) is 9.31. The van der Waals surface area contributed by atoms with Crippen molar-refractivity contribution in [3.8, 4) is 5.75 Å². The summed E-state index contributed by atoms with van der Waals surface area (Å²) in [7, 11) is 1.64. The molecule has 1 heterocycles. The lowest BCUT2D eigenvalue weighted by Crippen LogP contribution is -2.00. The Morgan fingerprint density at radius 2 is 2.12 bits per heavy atom. The van der Waals surface area contributed by atoms with Crippen LogP contribution in [0.3, 0.4) is 0 Å². The summed E-state index contributed by atoms with van der Waals surface area (Å²) in [6.07, 6.45) is -0.544. The number of thiophene rings is 1. The highest BCUT2D eigenvalue weighted by Gasteiger charge is 2.13. The molecular formula is C13H14O2S. The van der Waals surface area contributed by atoms with Gasteiger partial charge >= 0.3 is 0 Å². The van der Waals surface area contributed by atoms with Crippen LogP contribution in [0.4, 0.5) is 0 Å². The number of ether oxygens (including phenoxy) is 1. The first-order valence-electron chi connectivity index (χ1n) is 5.07. The molecule has 0 saturated carbocycles. The van der Waals surface area contributed by atoms with Crippen molar-refractivity contribution in [1.82, 2.24) is 0 Å². The molecule has 1 aromatic heterocycles. The van der Waals surface area contributed by atoms with Crippen molar-refractivity contribution in [2.45, 2.75) is 13.0 Å². The molecule has 2 nitrogen and oxygen atoms in total. The molecule has 1 atom stereocenters. The maximum atomic E-state index is 10.2. The standard InChI is InChI=1S/C13H14O2S/c1-9-7-11(15-2)3-4-12(9)13(14)10-5-6-16-8-10/h3-8,13-14H,1-2H3/t13-/m1/s1. The third kappa shape index (κ3) is 2.10. The van der Waals surface area contributed by atoms with Crippen LogP contribution in [0, 0.1) is 6.92 Å². The van der Waals surface area contributed by atoms with Crippen LogP contribution in [0.2, 0.25) is 0 Å². The van der Waals surface area contributed by atoms with E-state index in [1.165, 1.54) is 0 Å². The number of benzene rings is 1. The van der Waals surface area contributed by atoms with Crippen LogP contribution in [0.15, 0.2) is 35.0 Å². The Hall–Kier alpha value is -1.32. The van der Waals surface area contributed by atoms with Gasteiger partial charge in [0.2, 0.25) is 0 Å². The van der Waals surface area contributed by atoms with Crippen LogP contribution in [-0.2, 0) is 0 Å². The third-order valence-electron chi connectivity index (χ3n) is 2.63. The first-order chi connectivity index (χ1) is 7.72. The largest absolute Gasteiger partial charge is 0.497 e. The first-order valence-corrected chi connectivity index (χ1v) is 6.01. The number of methoxy groups -OCH3 is 1. The lowest BCUT2D eigenvalue weighted by molar-refractivity contribution is 0.220. The van der Waals surface area contributed by atoms with Gasteiger partial charge in [-0.25, -0.2) is 0 Å². The molecule has 0 radical (unpaired) electrons. The van der Waals surface area contributed by atoms with Crippen molar-refractivity contribution in [1.29, 1.82) is 0 Å². The predicted octanol–water partition coefficient (Wildman–Crippen LogP) is 3.15. The van der Waals surface area contributed by atoms with Crippen molar-refractivity contribution < 1.29 is 9.84 Å². The zero-order chi connectivity index (χ0) is 11.5. The van der Waals surface area contributed by atoms with E-state index in [0.29, 0.717) is 0 Å². The fourth-order valence-corrected chi connectivity index (χ4v) is 2.37. The van der Waals surface area contributed by atoms with Gasteiger partial charge in [0.15, 0.2) is 0 Å². The molecule has 1 aromatic carbocycles. The van der Waals surface area contributed by atoms with Gasteiger partial charge in [0.1, 0.15) is 11.9 Å². The Morgan fingerprint density at radius 3 is 2.69 bits per heavy atom. The number of rotatable bonds is 3. The van der Waals surface area contributed by atoms with Crippen LogP contribution in [0.5, 0.6) is 5.75 Å². The van der Waals surface area contributed by atoms with Crippen molar-refractivity contribution in [3.05, 3.63) is 51.7 Å². The molecule has 0 bridgehead atoms. The van der Waals surface area contributed by atoms with Crippen LogP contribution < -0.4 is 4.74 Å². The predicted molar refractivity (Wildman–Crippen MR) is 66.1 cm³/mol. The molecule has 0 aliphatic rings. The highest BCUT2D eigenvalue weighted by Crippen LogP contribution is 2.28. The lowest BCUT2D eigenvalue weighted by atomic mass is 9.99. The number of hydrogen-bond acceptors (Lipinski definition) is 3. The Labute approximate surface area is 99.1 Å². The smallest absolute Gasteiger partial charge is 0.119 e. The van der Waals surface area contributed by atoms with Gasteiger partial charge in [0.25, 0.3) is 0 Å². The van der Waals surface area contributed by atoms with Gasteiger partial charge in [-0.15, -0.1) is 0 Å². The molecule has 3 heteroatoms. The lowest BCUT2D eigenvalue weighted by Gasteiger charge is -2.13. The number of hydrogen-bond donors (Lipinski definition) is 1. The molecule has 16 heavy (non-hydrogen) atoms. The van der Waals surface area contributed by atoms with Gasteiger partial charge in [-0.3, -0.25) is 0 Å². The Bertz CT molecular complexity index is 463. The monoisotopic (exact) mass is 234 g/mol. The average molecular weight is 234 g/mol. The van der Waals surface area contributed by atoms with Gasteiger partial charge < -0.3 is 9.84 Å². The molecule has 0 spiro atoms. The zero-order valence-corrected chi connectivity index (χ0v) is 10.1. The molecule has 0 fully saturated rings. The number of aliphatic hydroxyl groups excluding tert-OH is 1. The van der Waals surface area contributed by atoms with Gasteiger partial charge in [-0.1, -0.05) is 6.07 Å². The SMILES string of the molecule is COc1ccc([C@H](O)c2ccsc2)c(C)c1. The van der Waals surface area contributed by atoms with Gasteiger partial charge in [-0.05, 0) is 52.6 Å². The Morgan fingerprint density at radius 1 is 1.31 bits per heavy atom. The van der Waals surface area contributed by atoms with E-state index >= 15 is 0 Å². The summed E-state index contributed by atoms with van der Waals surface area (Å²) in [6, 6.07) is 7.67. The molecule has 0 unspecified atom stereocenters. The van der Waals surface area contributed by atoms with Crippen LogP contribution >= 0.6 is 11.3 Å². The second kappa shape index (κ2) is 4.68. The molecule has 1 N–H and O–H groups in total. The second-order valence-electron chi connectivity index (χ2n) is 3.68. The summed E-state index contributed by atoms with van der Waals surface area (Å²) in [5.41, 5.74) is 2.91. The minimum absolute atomic E-state index is 0.544. The van der Waals surface area contributed by atoms with Crippen molar-refractivity contribution in [2.75, 3.05) is 7.11 Å². The molecule has 0 saturated heterocycles. The average Bonchev–Trinajstić information content (AvgIpc) is 2.81. The van der Waals surface area contributed by atoms with E-state index in [2.05, 4.69) is 0 Å². The van der Waals surface area contributed by atoms with E-state index in [1.54, 1.807) is 18.4 Å². The maximum absolute atomic E-state index is 10.2. The van der Waals surface area contributed by atoms with Crippen molar-refractivity contribution >= 4 is 11.3 Å². The summed E-state index contributed by atoms with van der Waals surface area (Å²) in [5, 5.41) is 14.1. The Balaban J connectivity index is 2.34. The molecule has 2 rings (SSSR count). The summed E-state index contributed by atoms with van der Waals surface area (Å²) in [4.78, 5) is 0. The maximum Gasteiger partial charge on any atom is 0.119 e. The van der Waals surface area contributed by atoms with E-state index in [1.807, 2.05) is 41.9 Å². The fraction of sp³-hybridized carbons (Fsp3) is 0.231. The Kier molecular flexibility index (Phi) is 3.27. The molecule has 0 amide bonds. The van der Waals surface area contributed by atoms with E-state index in [4.69, 9.17) is 4.74 Å². The van der Waals surface area contributed by atoms with Gasteiger partial charge in [-0.2, -0.15) is 11.3 Å². The first kappa shape index (κ1) is 11.2. The number of aliphatic hydroxyl groups is 1. The normalized spacial score (nSPS) is 12.4. The summed E-state index contributed by atoms with van der Waals surface area (Å²) in [5.74, 6) is 0.818. The summed E-state index contributed by atoms with van der Waals surface area (Å²) >= 11 is 1.59. The van der Waals surface area contributed by atoms with Crippen LogP contribution in [-0.4, -0.2) is 12.2 Å². The van der Waals surface area contributed by atoms with Crippen LogP contribution in [0.1, 0.15) is 22.8 Å². The quantitative estimate of drug-likeness (QED) is 0.884. The van der Waals surface area contributed by atoms with Crippen molar-refractivity contribution in [3.63, 3.8) is 0 Å². The minimum Gasteiger partial charge on any atom is -0.497 e. The van der Waals surface area contributed by atoms with Crippen LogP contribution in [0.25, 0.3) is 0 Å². The van der Waals surface area contributed by atoms with E-state index < -0.39 is 6.10 Å². The summed E-state index contributed by atoms with van der Waals surface area (Å²) in [6.45, 7) is 1.98. The van der Waals surface area contributed by atoms with Crippen molar-refractivity contribution in [2.24, 2.45) is 0 Å². The third-order valence-corrected chi connectivity index (χ3v) is 3.33. The molecule has 2 aromatic rings. The van der Waals surface area contributed by atoms with E-state index in [0.717, 1.165) is 22.4 Å². The summed E-state index contributed by atoms with van der Waals surface area (Å²) < 4.78 is 5.14. The minimum atomic E-state index is -0.544. The van der Waals surface area contributed by atoms with Gasteiger partial charge in [0.05, 0.1) is 7.11 Å². The highest BCUT2D eigenvalue weighted by molar-refractivity contribution is 7.07. The van der Waals surface area contributed by atoms with E-state index in [-0.39, 0.29) is 0 Å². The molecule has 0 aliphatic carbocycles. The molecule has 84 valence electrons. The molecule has 0 aliphatic heterocycles. The highest BCUT2D eigenvalue weighted by atomic mass is 32.1. The van der Waals surface area contributed by atoms with E-state index in [9.17, 15) is 5.11 Å². The number of aryl methyl sites for hydroxylation is 1. The topological polar surface area (TPSA) is 29.5 Å². The molecular weight excluding hydrogens is 220 g/mol. The second-order valence-corrected chi connectivity index (χ2v) is 4.46. The fourth-order valence-electron chi connectivity index (χ4n) is 1.69. The van der Waals surface area contributed by atoms with Gasteiger partial charge in [0, 0.05) is 0 Å².